The number of benzene rings is 6. The summed E-state index contributed by atoms with van der Waals surface area (Å²) < 4.78 is 0. The smallest absolute Gasteiger partial charge is 0.550 e. The number of thioether (sulfide) groups is 2. The molecule has 0 unspecified atom stereocenters. The van der Waals surface area contributed by atoms with Crippen LogP contribution in [0.4, 0.5) is 0 Å². The Kier molecular flexibility index (Phi) is 26.3. The molecule has 2 aromatic heterocycles. The molecule has 2 saturated carbocycles. The molecular formula is C70H74CaCl2N2O6S2. The molecule has 10 rings (SSSR count). The van der Waals surface area contributed by atoms with Gasteiger partial charge >= 0.3 is 37.7 Å². The number of aliphatic hydroxyl groups is 2. The molecule has 0 bridgehead atoms. The summed E-state index contributed by atoms with van der Waals surface area (Å²) in [4.78, 5) is 27.3. The zero-order valence-electron chi connectivity index (χ0n) is 48.4. The number of carbonyl (C=O) groups is 2. The van der Waals surface area contributed by atoms with Gasteiger partial charge in [-0.25, -0.2) is 9.97 Å². The number of aryl methyl sites for hydroxylation is 2. The van der Waals surface area contributed by atoms with Crippen molar-refractivity contribution in [3.63, 3.8) is 0 Å². The van der Waals surface area contributed by atoms with E-state index < -0.39 is 23.1 Å². The number of fused-ring (bicyclic) bond motifs is 2. The minimum Gasteiger partial charge on any atom is -0.550 e. The van der Waals surface area contributed by atoms with Crippen LogP contribution in [-0.2, 0) is 33.6 Å². The summed E-state index contributed by atoms with van der Waals surface area (Å²) in [5, 5.41) is 43.5. The van der Waals surface area contributed by atoms with E-state index in [1.807, 2.05) is 88.4 Å². The van der Waals surface area contributed by atoms with E-state index in [1.54, 1.807) is 0 Å². The number of aromatic nitrogens is 2. The molecule has 13 heteroatoms. The first-order chi connectivity index (χ1) is 39.2. The molecule has 2 heterocycles. The van der Waals surface area contributed by atoms with Crippen molar-refractivity contribution in [1.82, 2.24) is 9.97 Å². The van der Waals surface area contributed by atoms with Crippen molar-refractivity contribution in [2.24, 2.45) is 11.8 Å². The Bertz CT molecular complexity index is 3240. The molecule has 0 aliphatic heterocycles. The Hall–Kier alpha value is -4.98. The number of carboxylic acid groups (broad SMARTS) is 2. The van der Waals surface area contributed by atoms with Gasteiger partial charge in [0.25, 0.3) is 0 Å². The second kappa shape index (κ2) is 32.5. The van der Waals surface area contributed by atoms with Crippen LogP contribution >= 0.6 is 46.7 Å². The van der Waals surface area contributed by atoms with E-state index in [0.29, 0.717) is 20.5 Å². The Morgan fingerprint density at radius 1 is 0.542 bits per heavy atom. The first kappa shape index (κ1) is 67.1. The van der Waals surface area contributed by atoms with Gasteiger partial charge in [0.05, 0.1) is 33.6 Å². The first-order valence-corrected chi connectivity index (χ1v) is 30.9. The number of carboxylic acids is 2. The van der Waals surface area contributed by atoms with Crippen LogP contribution in [0.3, 0.4) is 0 Å². The summed E-state index contributed by atoms with van der Waals surface area (Å²) >= 11 is 16.5. The van der Waals surface area contributed by atoms with Crippen molar-refractivity contribution in [2.75, 3.05) is 11.5 Å². The number of hydrogen-bond donors (Lipinski definition) is 2. The zero-order chi connectivity index (χ0) is 58.8. The molecule has 2 N–H and O–H groups in total. The molecule has 8 nitrogen and oxygen atoms in total. The van der Waals surface area contributed by atoms with E-state index in [1.165, 1.54) is 70.6 Å². The van der Waals surface area contributed by atoms with Gasteiger partial charge in [0.15, 0.2) is 0 Å². The van der Waals surface area contributed by atoms with E-state index in [4.69, 9.17) is 53.0 Å². The van der Waals surface area contributed by atoms with Gasteiger partial charge in [0.2, 0.25) is 0 Å². The zero-order valence-corrected chi connectivity index (χ0v) is 53.8. The summed E-state index contributed by atoms with van der Waals surface area (Å²) in [6, 6.07) is 54.3. The van der Waals surface area contributed by atoms with Crippen molar-refractivity contribution < 1.29 is 30.0 Å². The topological polar surface area (TPSA) is 146 Å². The predicted molar refractivity (Wildman–Crippen MR) is 347 cm³/mol. The van der Waals surface area contributed by atoms with E-state index in [-0.39, 0.29) is 37.7 Å². The second-order valence-corrected chi connectivity index (χ2v) is 25.5. The summed E-state index contributed by atoms with van der Waals surface area (Å²) in [5.41, 5.74) is 11.6. The van der Waals surface area contributed by atoms with Crippen molar-refractivity contribution in [3.8, 4) is 0 Å². The third-order valence-corrected chi connectivity index (χ3v) is 17.6. The summed E-state index contributed by atoms with van der Waals surface area (Å²) in [6.45, 7) is 9.44. The Morgan fingerprint density at radius 3 is 1.27 bits per heavy atom. The van der Waals surface area contributed by atoms with Crippen LogP contribution in [0.25, 0.3) is 46.1 Å². The first-order valence-electron chi connectivity index (χ1n) is 28.1. The fourth-order valence-corrected chi connectivity index (χ4v) is 12.8. The number of rotatable bonds is 20. The Labute approximate surface area is 539 Å². The minimum absolute atomic E-state index is 0. The monoisotopic (exact) mass is 1210 g/mol. The average molecular weight is 1210 g/mol. The average Bonchev–Trinajstić information content (AvgIpc) is 4.48. The molecule has 0 spiro atoms. The normalized spacial score (nSPS) is 13.9. The maximum Gasteiger partial charge on any atom is 2.00 e. The van der Waals surface area contributed by atoms with Crippen LogP contribution in [0.5, 0.6) is 0 Å². The Morgan fingerprint density at radius 2 is 0.904 bits per heavy atom. The molecule has 0 radical (unpaired) electrons. The number of carbonyl (C=O) groups excluding carboxylic acids is 2. The predicted octanol–water partition coefficient (Wildman–Crippen LogP) is 15.3. The van der Waals surface area contributed by atoms with Gasteiger partial charge in [0.1, 0.15) is 0 Å². The van der Waals surface area contributed by atoms with Gasteiger partial charge in [-0.3, -0.25) is 0 Å². The number of hydrogen-bond acceptors (Lipinski definition) is 10. The van der Waals surface area contributed by atoms with Crippen molar-refractivity contribution in [2.45, 2.75) is 115 Å². The molecule has 8 aromatic rings. The fraction of sp³-hybridized carbons (Fsp3) is 0.314. The van der Waals surface area contributed by atoms with Crippen LogP contribution in [0, 0.1) is 11.8 Å². The van der Waals surface area contributed by atoms with Gasteiger partial charge in [0, 0.05) is 43.3 Å². The van der Waals surface area contributed by atoms with E-state index in [2.05, 4.69) is 145 Å². The molecule has 0 amide bonds. The number of halogens is 2. The van der Waals surface area contributed by atoms with Crippen LogP contribution in [0.1, 0.15) is 146 Å². The quantitative estimate of drug-likeness (QED) is 0.0707. The van der Waals surface area contributed by atoms with Gasteiger partial charge < -0.3 is 30.0 Å². The van der Waals surface area contributed by atoms with Gasteiger partial charge in [-0.1, -0.05) is 157 Å². The van der Waals surface area contributed by atoms with Gasteiger partial charge in [-0.15, -0.1) is 0 Å². The molecule has 428 valence electrons. The third kappa shape index (κ3) is 23.1. The van der Waals surface area contributed by atoms with Crippen LogP contribution < -0.4 is 10.2 Å². The van der Waals surface area contributed by atoms with Crippen molar-refractivity contribution in [1.29, 1.82) is 0 Å². The van der Waals surface area contributed by atoms with Crippen LogP contribution in [0.2, 0.25) is 10.0 Å². The molecule has 2 aliphatic rings. The van der Waals surface area contributed by atoms with Crippen molar-refractivity contribution in [3.05, 3.63) is 224 Å². The maximum absolute atomic E-state index is 10.7. The molecular weight excluding hydrogens is 1140 g/mol. The standard InChI is InChI=1S/2C33H34ClNOS.2C2H4O2.Ca/c2*1-33(2,36)30-9-4-3-7-25(30)15-19-32(37-22-24-10-11-24)27-8-5-6-23(20-27)12-17-29-18-14-26-13-16-28(34)21-31(26)35-29;2*1-2(3)4;/h2*3-9,12-14,16-18,20-21,24,32,36H,10-11,15,19,22H2,1-2H3;2*1H3,(H,3,4);/q;;;;+2/p-2/t2*32-;;;/m11.../s1. The minimum atomic E-state index is -1.08. The molecule has 2 fully saturated rings. The fourth-order valence-electron chi connectivity index (χ4n) is 9.50. The summed E-state index contributed by atoms with van der Waals surface area (Å²) in [6.07, 6.45) is 17.9. The van der Waals surface area contributed by atoms with Gasteiger partial charge in [-0.2, -0.15) is 23.5 Å². The molecule has 2 aliphatic carbocycles. The Balaban J connectivity index is 0.000000234. The van der Waals surface area contributed by atoms with Gasteiger partial charge in [-0.05, 0) is 209 Å². The third-order valence-electron chi connectivity index (χ3n) is 14.0. The van der Waals surface area contributed by atoms with Crippen LogP contribution in [-0.4, -0.2) is 81.4 Å². The number of pyridine rings is 2. The van der Waals surface area contributed by atoms with Crippen molar-refractivity contribution >= 4 is 143 Å². The molecule has 83 heavy (non-hydrogen) atoms. The molecule has 0 saturated heterocycles. The maximum atomic E-state index is 10.7. The van der Waals surface area contributed by atoms with Crippen LogP contribution in [0.15, 0.2) is 158 Å². The summed E-state index contributed by atoms with van der Waals surface area (Å²) in [5.74, 6) is 2.04. The van der Waals surface area contributed by atoms with E-state index in [9.17, 15) is 10.2 Å². The largest absolute Gasteiger partial charge is 2.00 e. The number of aliphatic carboxylic acids is 2. The van der Waals surface area contributed by atoms with E-state index >= 15 is 0 Å². The van der Waals surface area contributed by atoms with E-state index in [0.717, 1.165) is 95.7 Å². The summed E-state index contributed by atoms with van der Waals surface area (Å²) in [7, 11) is 0. The molecule has 2 atom stereocenters. The number of nitrogens with zero attached hydrogens (tertiary/aromatic N) is 2. The molecule has 6 aromatic carbocycles. The second-order valence-electron chi connectivity index (χ2n) is 22.2. The SMILES string of the molecule is CC(=O)[O-].CC(=O)[O-].CC(C)(O)c1ccccc1CC[C@@H](SCC1CC1)c1cccc(C=Cc2ccc3ccc(Cl)cc3n2)c1.CC(C)(O)c1ccccc1CC[C@@H](SCC1CC1)c1cccc(C=Cc2ccc3ccc(Cl)cc3n2)c1.[Ca+2].